The summed E-state index contributed by atoms with van der Waals surface area (Å²) < 4.78 is 22.7. The molecule has 1 saturated heterocycles. The number of nitrogens with one attached hydrogen (secondary N) is 1. The molecule has 0 aromatic rings. The molecule has 100 valence electrons. The first-order valence-corrected chi connectivity index (χ1v) is 8.07. The minimum atomic E-state index is -2.79. The van der Waals surface area contributed by atoms with Crippen LogP contribution >= 0.6 is 0 Å². The average molecular weight is 262 g/mol. The highest BCUT2D eigenvalue weighted by Crippen LogP contribution is 2.33. The summed E-state index contributed by atoms with van der Waals surface area (Å²) >= 11 is 0. The summed E-state index contributed by atoms with van der Waals surface area (Å²) in [5, 5.41) is 12.7. The van der Waals surface area contributed by atoms with Gasteiger partial charge in [0.05, 0.1) is 18.1 Å². The van der Waals surface area contributed by atoms with Gasteiger partial charge in [0.15, 0.2) is 9.84 Å². The fourth-order valence-electron chi connectivity index (χ4n) is 2.95. The van der Waals surface area contributed by atoms with Crippen molar-refractivity contribution in [3.05, 3.63) is 0 Å². The summed E-state index contributed by atoms with van der Waals surface area (Å²) in [6, 6.07) is 0.421. The Hall–Kier alpha value is -0.170. The normalized spacial score (nSPS) is 38.4. The molecule has 0 aromatic carbocycles. The van der Waals surface area contributed by atoms with Crippen LogP contribution in [0.3, 0.4) is 0 Å². The Morgan fingerprint density at radius 2 is 2.06 bits per heavy atom. The largest absolute Gasteiger partial charge is 0.394 e. The van der Waals surface area contributed by atoms with Gasteiger partial charge in [-0.05, 0) is 26.3 Å². The SMILES string of the molecule is CNC1(CO)CCC(N2CCS(=O)(=O)CC2)C1. The van der Waals surface area contributed by atoms with E-state index in [0.717, 1.165) is 19.3 Å². The van der Waals surface area contributed by atoms with Gasteiger partial charge in [0.25, 0.3) is 0 Å². The number of nitrogens with zero attached hydrogens (tertiary/aromatic N) is 1. The molecule has 6 heteroatoms. The van der Waals surface area contributed by atoms with E-state index in [2.05, 4.69) is 10.2 Å². The number of aliphatic hydroxyl groups excluding tert-OH is 1. The summed E-state index contributed by atoms with van der Waals surface area (Å²) in [5.74, 6) is 0.574. The van der Waals surface area contributed by atoms with Crippen molar-refractivity contribution in [1.29, 1.82) is 0 Å². The summed E-state index contributed by atoms with van der Waals surface area (Å²) in [6.45, 7) is 1.46. The van der Waals surface area contributed by atoms with Crippen molar-refractivity contribution in [3.8, 4) is 0 Å². The molecule has 2 rings (SSSR count). The summed E-state index contributed by atoms with van der Waals surface area (Å²) in [6.07, 6.45) is 2.93. The fourth-order valence-corrected chi connectivity index (χ4v) is 4.18. The molecule has 1 aliphatic heterocycles. The van der Waals surface area contributed by atoms with Crippen molar-refractivity contribution in [1.82, 2.24) is 10.2 Å². The van der Waals surface area contributed by atoms with Crippen molar-refractivity contribution < 1.29 is 13.5 Å². The van der Waals surface area contributed by atoms with E-state index in [0.29, 0.717) is 19.1 Å². The molecule has 2 atom stereocenters. The van der Waals surface area contributed by atoms with Crippen LogP contribution in [0, 0.1) is 0 Å². The van der Waals surface area contributed by atoms with Crippen LogP contribution in [-0.2, 0) is 9.84 Å². The zero-order chi connectivity index (χ0) is 12.5. The monoisotopic (exact) mass is 262 g/mol. The zero-order valence-corrected chi connectivity index (χ0v) is 11.2. The third kappa shape index (κ3) is 2.81. The predicted molar refractivity (Wildman–Crippen MR) is 66.7 cm³/mol. The Kier molecular flexibility index (Phi) is 3.77. The molecule has 5 nitrogen and oxygen atoms in total. The van der Waals surface area contributed by atoms with Crippen molar-refractivity contribution in [2.45, 2.75) is 30.8 Å². The van der Waals surface area contributed by atoms with Gasteiger partial charge in [-0.1, -0.05) is 0 Å². The Morgan fingerprint density at radius 3 is 2.53 bits per heavy atom. The van der Waals surface area contributed by atoms with Crippen molar-refractivity contribution >= 4 is 9.84 Å². The van der Waals surface area contributed by atoms with Crippen LogP contribution in [0.15, 0.2) is 0 Å². The number of rotatable bonds is 3. The number of aliphatic hydroxyl groups is 1. The molecule has 2 unspecified atom stereocenters. The van der Waals surface area contributed by atoms with Gasteiger partial charge in [0.1, 0.15) is 0 Å². The predicted octanol–water partition coefficient (Wildman–Crippen LogP) is -0.780. The minimum Gasteiger partial charge on any atom is -0.394 e. The Morgan fingerprint density at radius 1 is 1.41 bits per heavy atom. The third-order valence-electron chi connectivity index (χ3n) is 4.31. The summed E-state index contributed by atoms with van der Waals surface area (Å²) in [5.41, 5.74) is -0.152. The molecule has 2 aliphatic rings. The highest BCUT2D eigenvalue weighted by atomic mass is 32.2. The van der Waals surface area contributed by atoms with E-state index in [1.54, 1.807) is 0 Å². The van der Waals surface area contributed by atoms with E-state index >= 15 is 0 Å². The van der Waals surface area contributed by atoms with Crippen molar-refractivity contribution in [2.24, 2.45) is 0 Å². The van der Waals surface area contributed by atoms with Gasteiger partial charge in [-0.25, -0.2) is 8.42 Å². The van der Waals surface area contributed by atoms with Crippen molar-refractivity contribution in [3.63, 3.8) is 0 Å². The Balaban J connectivity index is 1.94. The molecule has 1 aliphatic carbocycles. The maximum Gasteiger partial charge on any atom is 0.152 e. The lowest BCUT2D eigenvalue weighted by atomic mass is 9.99. The van der Waals surface area contributed by atoms with Crippen LogP contribution in [0.4, 0.5) is 0 Å². The molecule has 2 N–H and O–H groups in total. The standard InChI is InChI=1S/C11H22N2O3S/c1-12-11(9-14)3-2-10(8-11)13-4-6-17(15,16)7-5-13/h10,12,14H,2-9H2,1H3. The lowest BCUT2D eigenvalue weighted by molar-refractivity contribution is 0.152. The van der Waals surface area contributed by atoms with Crippen LogP contribution in [-0.4, -0.2) is 68.3 Å². The Bertz CT molecular complexity index is 351. The highest BCUT2D eigenvalue weighted by Gasteiger charge is 2.40. The fraction of sp³-hybridized carbons (Fsp3) is 1.00. The number of hydrogen-bond acceptors (Lipinski definition) is 5. The molecule has 1 saturated carbocycles. The second-order valence-electron chi connectivity index (χ2n) is 5.27. The first kappa shape index (κ1) is 13.3. The molecule has 2 fully saturated rings. The van der Waals surface area contributed by atoms with E-state index in [1.807, 2.05) is 7.05 Å². The number of sulfone groups is 1. The molecular weight excluding hydrogens is 240 g/mol. The first-order chi connectivity index (χ1) is 8.00. The van der Waals surface area contributed by atoms with E-state index in [1.165, 1.54) is 0 Å². The second-order valence-corrected chi connectivity index (χ2v) is 7.58. The highest BCUT2D eigenvalue weighted by molar-refractivity contribution is 7.91. The molecule has 17 heavy (non-hydrogen) atoms. The molecule has 0 radical (unpaired) electrons. The second kappa shape index (κ2) is 4.84. The Labute approximate surface area is 103 Å². The van der Waals surface area contributed by atoms with Gasteiger partial charge in [-0.3, -0.25) is 4.90 Å². The molecule has 1 heterocycles. The number of hydrogen-bond donors (Lipinski definition) is 2. The van der Waals surface area contributed by atoms with Gasteiger partial charge >= 0.3 is 0 Å². The first-order valence-electron chi connectivity index (χ1n) is 6.24. The topological polar surface area (TPSA) is 69.6 Å². The summed E-state index contributed by atoms with van der Waals surface area (Å²) in [7, 11) is -0.904. The quantitative estimate of drug-likeness (QED) is 0.698. The van der Waals surface area contributed by atoms with E-state index < -0.39 is 9.84 Å². The van der Waals surface area contributed by atoms with Crippen LogP contribution in [0.1, 0.15) is 19.3 Å². The molecule has 0 bridgehead atoms. The lowest BCUT2D eigenvalue weighted by Gasteiger charge is -2.33. The van der Waals surface area contributed by atoms with Crippen LogP contribution in [0.2, 0.25) is 0 Å². The average Bonchev–Trinajstić information content (AvgIpc) is 2.74. The lowest BCUT2D eigenvalue weighted by Crippen LogP contribution is -2.49. The smallest absolute Gasteiger partial charge is 0.152 e. The van der Waals surface area contributed by atoms with E-state index in [-0.39, 0.29) is 23.7 Å². The molecular formula is C11H22N2O3S. The van der Waals surface area contributed by atoms with Crippen molar-refractivity contribution in [2.75, 3.05) is 38.2 Å². The van der Waals surface area contributed by atoms with Gasteiger partial charge < -0.3 is 10.4 Å². The van der Waals surface area contributed by atoms with Gasteiger partial charge in [-0.15, -0.1) is 0 Å². The maximum absolute atomic E-state index is 11.4. The van der Waals surface area contributed by atoms with E-state index in [4.69, 9.17) is 0 Å². The van der Waals surface area contributed by atoms with Gasteiger partial charge in [-0.2, -0.15) is 0 Å². The third-order valence-corrected chi connectivity index (χ3v) is 5.92. The van der Waals surface area contributed by atoms with E-state index in [9.17, 15) is 13.5 Å². The maximum atomic E-state index is 11.4. The van der Waals surface area contributed by atoms with Crippen LogP contribution in [0.5, 0.6) is 0 Å². The molecule has 0 amide bonds. The zero-order valence-electron chi connectivity index (χ0n) is 10.4. The number of likely N-dealkylation sites (N-methyl/N-ethyl adjacent to an activating group) is 1. The van der Waals surface area contributed by atoms with Gasteiger partial charge in [0, 0.05) is 24.7 Å². The van der Waals surface area contributed by atoms with Crippen LogP contribution < -0.4 is 5.32 Å². The molecule has 0 aromatic heterocycles. The summed E-state index contributed by atoms with van der Waals surface area (Å²) in [4.78, 5) is 2.27. The van der Waals surface area contributed by atoms with Crippen LogP contribution in [0.25, 0.3) is 0 Å². The minimum absolute atomic E-state index is 0.152. The van der Waals surface area contributed by atoms with Gasteiger partial charge in [0.2, 0.25) is 0 Å². The molecule has 0 spiro atoms.